The van der Waals surface area contributed by atoms with E-state index in [1.54, 1.807) is 6.07 Å². The van der Waals surface area contributed by atoms with Gasteiger partial charge in [-0.15, -0.1) is 0 Å². The molecule has 0 aliphatic carbocycles. The van der Waals surface area contributed by atoms with Gasteiger partial charge in [0.25, 0.3) is 0 Å². The molecular weight excluding hydrogens is 252 g/mol. The third-order valence-electron chi connectivity index (χ3n) is 2.41. The third-order valence-corrected chi connectivity index (χ3v) is 2.41. The van der Waals surface area contributed by atoms with Crippen LogP contribution in [0.25, 0.3) is 17.0 Å². The molecule has 2 rings (SSSR count). The number of aliphatic carboxylic acids is 1. The van der Waals surface area contributed by atoms with E-state index in [0.717, 1.165) is 6.08 Å². The van der Waals surface area contributed by atoms with Crippen molar-refractivity contribution in [2.24, 2.45) is 0 Å². The molecule has 0 saturated carbocycles. The minimum Gasteiger partial charge on any atom is -0.478 e. The fraction of sp³-hybridized carbons (Fsp3) is 0. The lowest BCUT2D eigenvalue weighted by Crippen LogP contribution is -2.12. The maximum Gasteiger partial charge on any atom is 0.351 e. The molecule has 1 aromatic heterocycles. The number of fused-ring (bicyclic) bond motifs is 1. The first-order valence-electron chi connectivity index (χ1n) is 5.19. The standard InChI is InChI=1S/C13H8O6/c14-11(15)4-2-7-1-3-10-8(5-7)6-9(12(16)17)13(18)19-10/h1-6H,(H,14,15)(H,16,17)/b4-2+. The van der Waals surface area contributed by atoms with Gasteiger partial charge in [0.05, 0.1) is 0 Å². The third kappa shape index (κ3) is 2.68. The molecule has 0 atom stereocenters. The fourth-order valence-corrected chi connectivity index (χ4v) is 1.56. The SMILES string of the molecule is O=C(O)/C=C/c1ccc2oc(=O)c(C(=O)O)cc2c1. The first-order chi connectivity index (χ1) is 8.97. The highest BCUT2D eigenvalue weighted by atomic mass is 16.4. The first kappa shape index (κ1) is 12.6. The van der Waals surface area contributed by atoms with Crippen LogP contribution in [-0.4, -0.2) is 22.2 Å². The van der Waals surface area contributed by atoms with Gasteiger partial charge in [-0.25, -0.2) is 14.4 Å². The number of rotatable bonds is 3. The molecule has 96 valence electrons. The summed E-state index contributed by atoms with van der Waals surface area (Å²) in [5.74, 6) is -2.46. The Labute approximate surface area is 106 Å². The van der Waals surface area contributed by atoms with E-state index >= 15 is 0 Å². The highest BCUT2D eigenvalue weighted by Crippen LogP contribution is 2.16. The van der Waals surface area contributed by atoms with Crippen LogP contribution in [0.15, 0.2) is 39.6 Å². The van der Waals surface area contributed by atoms with Crippen LogP contribution >= 0.6 is 0 Å². The number of aromatic carboxylic acids is 1. The highest BCUT2D eigenvalue weighted by Gasteiger charge is 2.11. The maximum absolute atomic E-state index is 11.3. The molecule has 1 heterocycles. The molecular formula is C13H8O6. The summed E-state index contributed by atoms with van der Waals surface area (Å²) in [6, 6.07) is 5.76. The summed E-state index contributed by atoms with van der Waals surface area (Å²) in [7, 11) is 0. The zero-order chi connectivity index (χ0) is 14.0. The Bertz CT molecular complexity index is 753. The van der Waals surface area contributed by atoms with Crippen LogP contribution in [0.4, 0.5) is 0 Å². The summed E-state index contributed by atoms with van der Waals surface area (Å²) in [4.78, 5) is 32.5. The Balaban J connectivity index is 2.58. The van der Waals surface area contributed by atoms with Crippen LogP contribution in [-0.2, 0) is 4.79 Å². The monoisotopic (exact) mass is 260 g/mol. The Kier molecular flexibility index (Phi) is 3.15. The summed E-state index contributed by atoms with van der Waals surface area (Å²) in [6.07, 6.45) is 2.31. The number of carboxylic acids is 2. The lowest BCUT2D eigenvalue weighted by atomic mass is 10.1. The van der Waals surface area contributed by atoms with E-state index in [-0.39, 0.29) is 5.58 Å². The Morgan fingerprint density at radius 3 is 2.53 bits per heavy atom. The van der Waals surface area contributed by atoms with Gasteiger partial charge in [-0.3, -0.25) is 0 Å². The molecule has 0 aliphatic heterocycles. The van der Waals surface area contributed by atoms with Gasteiger partial charge < -0.3 is 14.6 Å². The molecule has 2 aromatic rings. The molecule has 0 radical (unpaired) electrons. The fourth-order valence-electron chi connectivity index (χ4n) is 1.56. The molecule has 0 saturated heterocycles. The van der Waals surface area contributed by atoms with Crippen LogP contribution in [0.3, 0.4) is 0 Å². The molecule has 0 bridgehead atoms. The van der Waals surface area contributed by atoms with Crippen molar-refractivity contribution in [2.45, 2.75) is 0 Å². The van der Waals surface area contributed by atoms with Crippen molar-refractivity contribution in [3.63, 3.8) is 0 Å². The van der Waals surface area contributed by atoms with Gasteiger partial charge in [-0.05, 0) is 29.8 Å². The molecule has 0 unspecified atom stereocenters. The first-order valence-corrected chi connectivity index (χ1v) is 5.19. The van der Waals surface area contributed by atoms with Gasteiger partial charge in [-0.2, -0.15) is 0 Å². The van der Waals surface area contributed by atoms with Gasteiger partial charge in [0.1, 0.15) is 11.1 Å². The Morgan fingerprint density at radius 1 is 1.16 bits per heavy atom. The predicted octanol–water partition coefficient (Wildman–Crippen LogP) is 1.59. The highest BCUT2D eigenvalue weighted by molar-refractivity contribution is 5.92. The number of carboxylic acid groups (broad SMARTS) is 2. The average molecular weight is 260 g/mol. The predicted molar refractivity (Wildman–Crippen MR) is 66.1 cm³/mol. The molecule has 6 nitrogen and oxygen atoms in total. The van der Waals surface area contributed by atoms with E-state index in [1.165, 1.54) is 24.3 Å². The topological polar surface area (TPSA) is 105 Å². The van der Waals surface area contributed by atoms with Crippen LogP contribution in [0.2, 0.25) is 0 Å². The number of hydrogen-bond acceptors (Lipinski definition) is 4. The van der Waals surface area contributed by atoms with Crippen molar-refractivity contribution in [3.8, 4) is 0 Å². The summed E-state index contributed by atoms with van der Waals surface area (Å²) in [6.45, 7) is 0. The number of carbonyl (C=O) groups is 2. The van der Waals surface area contributed by atoms with Crippen LogP contribution < -0.4 is 5.63 Å². The number of hydrogen-bond donors (Lipinski definition) is 2. The minimum atomic E-state index is -1.37. The van der Waals surface area contributed by atoms with Crippen molar-refractivity contribution >= 4 is 29.0 Å². The van der Waals surface area contributed by atoms with E-state index < -0.39 is 23.1 Å². The normalized spacial score (nSPS) is 10.9. The van der Waals surface area contributed by atoms with E-state index in [9.17, 15) is 14.4 Å². The van der Waals surface area contributed by atoms with Gasteiger partial charge in [0.15, 0.2) is 0 Å². The second-order valence-electron chi connectivity index (χ2n) is 3.72. The van der Waals surface area contributed by atoms with E-state index in [4.69, 9.17) is 14.6 Å². The summed E-state index contributed by atoms with van der Waals surface area (Å²) in [5.41, 5.74) is -0.594. The smallest absolute Gasteiger partial charge is 0.351 e. The van der Waals surface area contributed by atoms with Gasteiger partial charge in [-0.1, -0.05) is 6.07 Å². The zero-order valence-electron chi connectivity index (χ0n) is 9.49. The van der Waals surface area contributed by atoms with E-state index in [2.05, 4.69) is 0 Å². The van der Waals surface area contributed by atoms with Gasteiger partial charge in [0, 0.05) is 11.5 Å². The summed E-state index contributed by atoms with van der Waals surface area (Å²) < 4.78 is 4.86. The van der Waals surface area contributed by atoms with Crippen LogP contribution in [0.1, 0.15) is 15.9 Å². The van der Waals surface area contributed by atoms with Gasteiger partial charge >= 0.3 is 17.6 Å². The molecule has 0 fully saturated rings. The largest absolute Gasteiger partial charge is 0.478 e. The molecule has 19 heavy (non-hydrogen) atoms. The molecule has 0 aliphatic rings. The van der Waals surface area contributed by atoms with E-state index in [1.807, 2.05) is 0 Å². The van der Waals surface area contributed by atoms with Gasteiger partial charge in [0.2, 0.25) is 0 Å². The zero-order valence-corrected chi connectivity index (χ0v) is 9.49. The quantitative estimate of drug-likeness (QED) is 0.641. The van der Waals surface area contributed by atoms with Crippen molar-refractivity contribution in [2.75, 3.05) is 0 Å². The Hall–Kier alpha value is -2.89. The molecule has 6 heteroatoms. The molecule has 1 aromatic carbocycles. The molecule has 0 amide bonds. The Morgan fingerprint density at radius 2 is 1.89 bits per heavy atom. The minimum absolute atomic E-state index is 0.238. The van der Waals surface area contributed by atoms with Crippen molar-refractivity contribution in [3.05, 3.63) is 51.9 Å². The van der Waals surface area contributed by atoms with E-state index in [0.29, 0.717) is 10.9 Å². The average Bonchev–Trinajstić information content (AvgIpc) is 2.35. The van der Waals surface area contributed by atoms with Crippen molar-refractivity contribution in [1.29, 1.82) is 0 Å². The summed E-state index contributed by atoms with van der Waals surface area (Å²) >= 11 is 0. The van der Waals surface area contributed by atoms with Crippen LogP contribution in [0, 0.1) is 0 Å². The van der Waals surface area contributed by atoms with Crippen molar-refractivity contribution in [1.82, 2.24) is 0 Å². The van der Waals surface area contributed by atoms with Crippen LogP contribution in [0.5, 0.6) is 0 Å². The molecule has 0 spiro atoms. The van der Waals surface area contributed by atoms with Crippen molar-refractivity contribution < 1.29 is 24.2 Å². The second-order valence-corrected chi connectivity index (χ2v) is 3.72. The summed E-state index contributed by atoms with van der Waals surface area (Å²) in [5, 5.41) is 17.7. The lowest BCUT2D eigenvalue weighted by molar-refractivity contribution is -0.131. The molecule has 2 N–H and O–H groups in total. The lowest BCUT2D eigenvalue weighted by Gasteiger charge is -2.00. The maximum atomic E-state index is 11.3. The second kappa shape index (κ2) is 4.77. The number of benzene rings is 1.